The number of carbonyl (C=O) groups is 2. The van der Waals surface area contributed by atoms with Crippen molar-refractivity contribution >= 4 is 11.9 Å². The van der Waals surface area contributed by atoms with Gasteiger partial charge in [-0.3, -0.25) is 4.79 Å². The molecule has 0 aliphatic carbocycles. The van der Waals surface area contributed by atoms with Crippen LogP contribution in [0.25, 0.3) is 0 Å². The van der Waals surface area contributed by atoms with E-state index in [-0.39, 0.29) is 11.1 Å². The second-order valence-electron chi connectivity index (χ2n) is 3.82. The summed E-state index contributed by atoms with van der Waals surface area (Å²) in [5, 5.41) is 24.8. The van der Waals surface area contributed by atoms with Crippen LogP contribution < -0.4 is 5.32 Å². The lowest BCUT2D eigenvalue weighted by molar-refractivity contribution is 0.0690. The Labute approximate surface area is 107 Å². The number of hydrogen-bond acceptors (Lipinski definition) is 5. The Kier molecular flexibility index (Phi) is 3.51. The normalized spacial score (nSPS) is 11.8. The minimum atomic E-state index is -1.15. The highest BCUT2D eigenvalue weighted by Gasteiger charge is 2.19. The number of amides is 1. The fraction of sp³-hybridized carbons (Fsp3) is 0.182. The Morgan fingerprint density at radius 3 is 2.58 bits per heavy atom. The van der Waals surface area contributed by atoms with Gasteiger partial charge in [-0.1, -0.05) is 17.3 Å². The first-order valence-electron chi connectivity index (χ1n) is 5.46. The summed E-state index contributed by atoms with van der Waals surface area (Å²) < 4.78 is 0. The minimum Gasteiger partial charge on any atom is -0.478 e. The highest BCUT2D eigenvalue weighted by Crippen LogP contribution is 2.11. The molecular formula is C11H11N5O3. The molecular weight excluding hydrogens is 250 g/mol. The molecule has 2 aromatic rings. The molecule has 0 fully saturated rings. The summed E-state index contributed by atoms with van der Waals surface area (Å²) in [5.74, 6) is -1.34. The Bertz CT molecular complexity index is 596. The van der Waals surface area contributed by atoms with E-state index in [2.05, 4.69) is 25.9 Å². The Hall–Kier alpha value is -2.77. The largest absolute Gasteiger partial charge is 0.478 e. The molecule has 0 aliphatic heterocycles. The van der Waals surface area contributed by atoms with E-state index in [1.807, 2.05) is 0 Å². The van der Waals surface area contributed by atoms with Crippen molar-refractivity contribution in [3.63, 3.8) is 0 Å². The molecule has 0 spiro atoms. The zero-order valence-electron chi connectivity index (χ0n) is 9.99. The third-order valence-electron chi connectivity index (χ3n) is 2.50. The monoisotopic (exact) mass is 261 g/mol. The van der Waals surface area contributed by atoms with Crippen molar-refractivity contribution in [1.29, 1.82) is 0 Å². The van der Waals surface area contributed by atoms with Gasteiger partial charge in [0.1, 0.15) is 0 Å². The van der Waals surface area contributed by atoms with E-state index in [1.165, 1.54) is 12.1 Å². The van der Waals surface area contributed by atoms with Crippen LogP contribution in [0.3, 0.4) is 0 Å². The van der Waals surface area contributed by atoms with Crippen LogP contribution in [0.4, 0.5) is 0 Å². The van der Waals surface area contributed by atoms with Crippen LogP contribution in [0.15, 0.2) is 24.3 Å². The number of aromatic carboxylic acids is 1. The number of benzene rings is 1. The molecule has 8 nitrogen and oxygen atoms in total. The molecule has 1 unspecified atom stereocenters. The van der Waals surface area contributed by atoms with Gasteiger partial charge in [-0.15, -0.1) is 10.2 Å². The lowest BCUT2D eigenvalue weighted by Crippen LogP contribution is -2.28. The number of carboxylic acids is 1. The number of H-pyrrole nitrogens is 1. The molecule has 1 heterocycles. The second-order valence-corrected chi connectivity index (χ2v) is 3.82. The molecule has 2 rings (SSSR count). The van der Waals surface area contributed by atoms with Crippen LogP contribution >= 0.6 is 0 Å². The van der Waals surface area contributed by atoms with E-state index in [0.29, 0.717) is 5.82 Å². The minimum absolute atomic E-state index is 0.0553. The van der Waals surface area contributed by atoms with Crippen LogP contribution in [-0.4, -0.2) is 37.6 Å². The van der Waals surface area contributed by atoms with Gasteiger partial charge in [0, 0.05) is 0 Å². The Morgan fingerprint density at radius 1 is 1.32 bits per heavy atom. The summed E-state index contributed by atoms with van der Waals surface area (Å²) >= 11 is 0. The standard InChI is InChI=1S/C11H11N5O3/c1-6(9-13-15-16-14-9)12-10(17)7-4-2-3-5-8(7)11(18)19/h2-6H,1H3,(H,12,17)(H,18,19)(H,13,14,15,16). The fourth-order valence-electron chi connectivity index (χ4n) is 1.56. The second kappa shape index (κ2) is 5.25. The zero-order chi connectivity index (χ0) is 13.8. The number of nitrogens with one attached hydrogen (secondary N) is 2. The first-order valence-corrected chi connectivity index (χ1v) is 5.46. The number of hydrogen-bond donors (Lipinski definition) is 3. The molecule has 19 heavy (non-hydrogen) atoms. The SMILES string of the molecule is CC(NC(=O)c1ccccc1C(=O)O)c1nn[nH]n1. The molecule has 0 saturated carbocycles. The third-order valence-corrected chi connectivity index (χ3v) is 2.50. The van der Waals surface area contributed by atoms with Crippen LogP contribution in [0.5, 0.6) is 0 Å². The van der Waals surface area contributed by atoms with Crippen LogP contribution in [0, 0.1) is 0 Å². The topological polar surface area (TPSA) is 121 Å². The van der Waals surface area contributed by atoms with Crippen molar-refractivity contribution in [3.05, 3.63) is 41.2 Å². The summed E-state index contributed by atoms with van der Waals surface area (Å²) in [6, 6.07) is 5.49. The number of rotatable bonds is 4. The summed E-state index contributed by atoms with van der Waals surface area (Å²) in [7, 11) is 0. The van der Waals surface area contributed by atoms with E-state index in [0.717, 1.165) is 0 Å². The van der Waals surface area contributed by atoms with Crippen LogP contribution in [0.1, 0.15) is 39.5 Å². The van der Waals surface area contributed by atoms with Gasteiger partial charge in [-0.2, -0.15) is 5.21 Å². The van der Waals surface area contributed by atoms with Gasteiger partial charge in [0.2, 0.25) is 0 Å². The first kappa shape index (κ1) is 12.7. The zero-order valence-corrected chi connectivity index (χ0v) is 9.99. The summed E-state index contributed by atoms with van der Waals surface area (Å²) in [4.78, 5) is 23.0. The highest BCUT2D eigenvalue weighted by atomic mass is 16.4. The van der Waals surface area contributed by atoms with Crippen LogP contribution in [0.2, 0.25) is 0 Å². The smallest absolute Gasteiger partial charge is 0.336 e. The molecule has 0 bridgehead atoms. The Balaban J connectivity index is 2.19. The lowest BCUT2D eigenvalue weighted by atomic mass is 10.1. The van der Waals surface area contributed by atoms with Crippen molar-refractivity contribution in [2.45, 2.75) is 13.0 Å². The number of nitrogens with zero attached hydrogens (tertiary/aromatic N) is 3. The van der Waals surface area contributed by atoms with Crippen molar-refractivity contribution in [2.24, 2.45) is 0 Å². The summed E-state index contributed by atoms with van der Waals surface area (Å²) in [6.07, 6.45) is 0. The Morgan fingerprint density at radius 2 is 2.00 bits per heavy atom. The maximum absolute atomic E-state index is 12.0. The van der Waals surface area contributed by atoms with Gasteiger partial charge in [0.05, 0.1) is 17.2 Å². The van der Waals surface area contributed by atoms with E-state index in [9.17, 15) is 9.59 Å². The molecule has 1 amide bonds. The van der Waals surface area contributed by atoms with Crippen LogP contribution in [-0.2, 0) is 0 Å². The van der Waals surface area contributed by atoms with E-state index in [1.54, 1.807) is 19.1 Å². The fourth-order valence-corrected chi connectivity index (χ4v) is 1.56. The number of tetrazole rings is 1. The van der Waals surface area contributed by atoms with Crippen molar-refractivity contribution in [1.82, 2.24) is 25.9 Å². The molecule has 0 saturated heterocycles. The third kappa shape index (κ3) is 2.73. The maximum atomic E-state index is 12.0. The average molecular weight is 261 g/mol. The molecule has 98 valence electrons. The molecule has 1 atom stereocenters. The van der Waals surface area contributed by atoms with E-state index < -0.39 is 17.9 Å². The number of carbonyl (C=O) groups excluding carboxylic acids is 1. The molecule has 0 radical (unpaired) electrons. The number of carboxylic acid groups (broad SMARTS) is 1. The number of aromatic nitrogens is 4. The van der Waals surface area contributed by atoms with Crippen molar-refractivity contribution in [3.8, 4) is 0 Å². The lowest BCUT2D eigenvalue weighted by Gasteiger charge is -2.11. The quantitative estimate of drug-likeness (QED) is 0.732. The molecule has 8 heteroatoms. The van der Waals surface area contributed by atoms with Gasteiger partial charge in [0.15, 0.2) is 5.82 Å². The summed E-state index contributed by atoms with van der Waals surface area (Å²) in [5.41, 5.74) is 0.0330. The molecule has 1 aromatic carbocycles. The predicted molar refractivity (Wildman–Crippen MR) is 63.5 cm³/mol. The van der Waals surface area contributed by atoms with Crippen molar-refractivity contribution in [2.75, 3.05) is 0 Å². The average Bonchev–Trinajstić information content (AvgIpc) is 2.92. The molecule has 1 aromatic heterocycles. The molecule has 3 N–H and O–H groups in total. The maximum Gasteiger partial charge on any atom is 0.336 e. The highest BCUT2D eigenvalue weighted by molar-refractivity contribution is 6.04. The first-order chi connectivity index (χ1) is 9.09. The molecule has 0 aliphatic rings. The predicted octanol–water partition coefficient (Wildman–Crippen LogP) is 0.389. The van der Waals surface area contributed by atoms with Gasteiger partial charge >= 0.3 is 5.97 Å². The number of aromatic amines is 1. The van der Waals surface area contributed by atoms with Gasteiger partial charge in [-0.25, -0.2) is 4.79 Å². The van der Waals surface area contributed by atoms with Gasteiger partial charge in [0.25, 0.3) is 5.91 Å². The summed E-state index contributed by atoms with van der Waals surface area (Å²) in [6.45, 7) is 1.67. The van der Waals surface area contributed by atoms with Gasteiger partial charge < -0.3 is 10.4 Å². The van der Waals surface area contributed by atoms with E-state index in [4.69, 9.17) is 5.11 Å². The van der Waals surface area contributed by atoms with Gasteiger partial charge in [-0.05, 0) is 19.1 Å². The van der Waals surface area contributed by atoms with E-state index >= 15 is 0 Å². The van der Waals surface area contributed by atoms with Crippen molar-refractivity contribution < 1.29 is 14.7 Å².